The summed E-state index contributed by atoms with van der Waals surface area (Å²) < 4.78 is 0. The molecule has 0 aliphatic heterocycles. The van der Waals surface area contributed by atoms with Crippen LogP contribution in [0.3, 0.4) is 0 Å². The third-order valence-electron chi connectivity index (χ3n) is 4.05. The number of aromatic nitrogens is 1. The van der Waals surface area contributed by atoms with E-state index in [9.17, 15) is 5.11 Å². The highest BCUT2D eigenvalue weighted by molar-refractivity contribution is 5.10. The lowest BCUT2D eigenvalue weighted by Crippen LogP contribution is -2.44. The monoisotopic (exact) mass is 263 g/mol. The van der Waals surface area contributed by atoms with Gasteiger partial charge in [-0.15, -0.1) is 0 Å². The summed E-state index contributed by atoms with van der Waals surface area (Å²) in [7, 11) is 0. The molecule has 2 rings (SSSR count). The Morgan fingerprint density at radius 1 is 1.32 bits per heavy atom. The molecule has 1 atom stereocenters. The Morgan fingerprint density at radius 2 is 2.11 bits per heavy atom. The lowest BCUT2D eigenvalue weighted by Gasteiger charge is -2.39. The summed E-state index contributed by atoms with van der Waals surface area (Å²) in [5, 5.41) is 9.36. The van der Waals surface area contributed by atoms with Crippen LogP contribution in [0.1, 0.15) is 43.8 Å². The quantitative estimate of drug-likeness (QED) is 0.820. The van der Waals surface area contributed by atoms with Crippen LogP contribution < -0.4 is 5.73 Å². The minimum absolute atomic E-state index is 0.122. The summed E-state index contributed by atoms with van der Waals surface area (Å²) in [6.45, 7) is 1.41. The van der Waals surface area contributed by atoms with Crippen molar-refractivity contribution in [1.82, 2.24) is 9.88 Å². The van der Waals surface area contributed by atoms with Crippen LogP contribution in [-0.4, -0.2) is 40.7 Å². The minimum atomic E-state index is 0.122. The van der Waals surface area contributed by atoms with E-state index in [2.05, 4.69) is 9.88 Å². The van der Waals surface area contributed by atoms with Crippen LogP contribution in [0.15, 0.2) is 24.4 Å². The summed E-state index contributed by atoms with van der Waals surface area (Å²) in [5.41, 5.74) is 7.00. The van der Waals surface area contributed by atoms with Crippen molar-refractivity contribution in [2.24, 2.45) is 5.73 Å². The molecule has 0 aromatic carbocycles. The molecule has 1 aliphatic carbocycles. The zero-order valence-corrected chi connectivity index (χ0v) is 11.5. The van der Waals surface area contributed by atoms with Crippen molar-refractivity contribution < 1.29 is 5.11 Å². The van der Waals surface area contributed by atoms with Gasteiger partial charge in [-0.2, -0.15) is 0 Å². The highest BCUT2D eigenvalue weighted by Crippen LogP contribution is 2.28. The zero-order chi connectivity index (χ0) is 13.5. The molecule has 0 bridgehead atoms. The van der Waals surface area contributed by atoms with E-state index >= 15 is 0 Å². The number of aliphatic hydroxyl groups is 1. The van der Waals surface area contributed by atoms with Gasteiger partial charge in [-0.25, -0.2) is 0 Å². The Kier molecular flexibility index (Phi) is 5.76. The summed E-state index contributed by atoms with van der Waals surface area (Å²) in [6, 6.07) is 6.62. The van der Waals surface area contributed by atoms with Crippen LogP contribution in [0.2, 0.25) is 0 Å². The normalized spacial score (nSPS) is 18.7. The van der Waals surface area contributed by atoms with Gasteiger partial charge in [-0.1, -0.05) is 25.3 Å². The molecule has 4 nitrogen and oxygen atoms in total. The summed E-state index contributed by atoms with van der Waals surface area (Å²) in [4.78, 5) is 6.81. The third kappa shape index (κ3) is 3.75. The van der Waals surface area contributed by atoms with Crippen molar-refractivity contribution in [3.8, 4) is 0 Å². The Hall–Kier alpha value is -0.970. The Labute approximate surface area is 115 Å². The molecule has 1 fully saturated rings. The Bertz CT molecular complexity index is 352. The van der Waals surface area contributed by atoms with E-state index in [0.717, 1.165) is 5.69 Å². The first-order valence-electron chi connectivity index (χ1n) is 7.34. The molecule has 4 heteroatoms. The van der Waals surface area contributed by atoms with E-state index in [4.69, 9.17) is 5.73 Å². The maximum Gasteiger partial charge on any atom is 0.0647 e. The maximum atomic E-state index is 9.36. The molecule has 19 heavy (non-hydrogen) atoms. The molecule has 1 aliphatic rings. The molecule has 1 aromatic heterocycles. The predicted octanol–water partition coefficient (Wildman–Crippen LogP) is 1.71. The van der Waals surface area contributed by atoms with Gasteiger partial charge in [0.15, 0.2) is 0 Å². The van der Waals surface area contributed by atoms with Crippen molar-refractivity contribution >= 4 is 0 Å². The van der Waals surface area contributed by atoms with Crippen molar-refractivity contribution in [1.29, 1.82) is 0 Å². The number of hydrogen-bond donors (Lipinski definition) is 2. The van der Waals surface area contributed by atoms with Crippen LogP contribution in [-0.2, 0) is 0 Å². The Morgan fingerprint density at radius 3 is 2.68 bits per heavy atom. The number of pyridine rings is 1. The van der Waals surface area contributed by atoms with Crippen LogP contribution in [0.5, 0.6) is 0 Å². The molecular formula is C15H25N3O. The Balaban J connectivity index is 2.15. The predicted molar refractivity (Wildman–Crippen MR) is 76.7 cm³/mol. The van der Waals surface area contributed by atoms with E-state index in [1.807, 2.05) is 24.4 Å². The minimum Gasteiger partial charge on any atom is -0.395 e. The average Bonchev–Trinajstić information content (AvgIpc) is 2.49. The number of rotatable bonds is 6. The second kappa shape index (κ2) is 7.58. The van der Waals surface area contributed by atoms with Crippen molar-refractivity contribution in [3.63, 3.8) is 0 Å². The van der Waals surface area contributed by atoms with Crippen LogP contribution in [0, 0.1) is 0 Å². The SMILES string of the molecule is NCC(c1ccccn1)N(CCO)C1CCCCC1. The van der Waals surface area contributed by atoms with Gasteiger partial charge in [0, 0.05) is 25.3 Å². The van der Waals surface area contributed by atoms with Crippen LogP contribution in [0.25, 0.3) is 0 Å². The number of aliphatic hydroxyl groups excluding tert-OH is 1. The molecule has 1 aromatic rings. The topological polar surface area (TPSA) is 62.4 Å². The van der Waals surface area contributed by atoms with Gasteiger partial charge >= 0.3 is 0 Å². The molecule has 1 heterocycles. The lowest BCUT2D eigenvalue weighted by molar-refractivity contribution is 0.0812. The number of nitrogens with zero attached hydrogens (tertiary/aromatic N) is 2. The fraction of sp³-hybridized carbons (Fsp3) is 0.667. The van der Waals surface area contributed by atoms with E-state index in [1.54, 1.807) is 0 Å². The first kappa shape index (κ1) is 14.4. The van der Waals surface area contributed by atoms with E-state index < -0.39 is 0 Å². The number of nitrogens with two attached hydrogens (primary N) is 1. The zero-order valence-electron chi connectivity index (χ0n) is 11.5. The molecule has 3 N–H and O–H groups in total. The molecule has 1 unspecified atom stereocenters. The molecule has 0 amide bonds. The van der Waals surface area contributed by atoms with Gasteiger partial charge < -0.3 is 10.8 Å². The van der Waals surface area contributed by atoms with Crippen molar-refractivity contribution in [3.05, 3.63) is 30.1 Å². The highest BCUT2D eigenvalue weighted by atomic mass is 16.3. The summed E-state index contributed by atoms with van der Waals surface area (Å²) in [6.07, 6.45) is 8.14. The van der Waals surface area contributed by atoms with E-state index in [0.29, 0.717) is 19.1 Å². The second-order valence-electron chi connectivity index (χ2n) is 5.26. The largest absolute Gasteiger partial charge is 0.395 e. The molecule has 0 radical (unpaired) electrons. The summed E-state index contributed by atoms with van der Waals surface area (Å²) in [5.74, 6) is 0. The lowest BCUT2D eigenvalue weighted by atomic mass is 9.92. The second-order valence-corrected chi connectivity index (χ2v) is 5.26. The first-order valence-corrected chi connectivity index (χ1v) is 7.34. The van der Waals surface area contributed by atoms with E-state index in [-0.39, 0.29) is 12.6 Å². The smallest absolute Gasteiger partial charge is 0.0647 e. The molecule has 1 saturated carbocycles. The standard InChI is InChI=1S/C15H25N3O/c16-12-15(14-8-4-5-9-17-14)18(10-11-19)13-6-2-1-3-7-13/h4-5,8-9,13,15,19H,1-3,6-7,10-12,16H2. The van der Waals surface area contributed by atoms with Gasteiger partial charge in [-0.3, -0.25) is 9.88 Å². The maximum absolute atomic E-state index is 9.36. The molecule has 0 saturated heterocycles. The summed E-state index contributed by atoms with van der Waals surface area (Å²) >= 11 is 0. The molecular weight excluding hydrogens is 238 g/mol. The van der Waals surface area contributed by atoms with Gasteiger partial charge in [0.05, 0.1) is 18.3 Å². The van der Waals surface area contributed by atoms with Gasteiger partial charge in [0.25, 0.3) is 0 Å². The van der Waals surface area contributed by atoms with E-state index in [1.165, 1.54) is 32.1 Å². The number of hydrogen-bond acceptors (Lipinski definition) is 4. The fourth-order valence-corrected chi connectivity index (χ4v) is 3.12. The fourth-order valence-electron chi connectivity index (χ4n) is 3.12. The highest BCUT2D eigenvalue weighted by Gasteiger charge is 2.28. The first-order chi connectivity index (χ1) is 9.36. The van der Waals surface area contributed by atoms with Gasteiger partial charge in [0.1, 0.15) is 0 Å². The molecule has 0 spiro atoms. The van der Waals surface area contributed by atoms with Crippen molar-refractivity contribution in [2.45, 2.75) is 44.2 Å². The van der Waals surface area contributed by atoms with Gasteiger partial charge in [0.2, 0.25) is 0 Å². The van der Waals surface area contributed by atoms with Gasteiger partial charge in [-0.05, 0) is 25.0 Å². The van der Waals surface area contributed by atoms with Crippen LogP contribution in [0.4, 0.5) is 0 Å². The van der Waals surface area contributed by atoms with Crippen molar-refractivity contribution in [2.75, 3.05) is 19.7 Å². The average molecular weight is 263 g/mol. The molecule has 106 valence electrons. The third-order valence-corrected chi connectivity index (χ3v) is 4.05. The van der Waals surface area contributed by atoms with Crippen LogP contribution >= 0.6 is 0 Å².